The fraction of sp³-hybridized carbons (Fsp3) is 0.533. The standard InChI is InChI=1S/C15H23NO2/c1-11(15(2,3)4)16(5)14(18)10-12-7-6-8-13(17)9-12/h6-9,11,17H,10H2,1-5H3. The van der Waals surface area contributed by atoms with Gasteiger partial charge < -0.3 is 10.0 Å². The number of hydrogen-bond donors (Lipinski definition) is 1. The monoisotopic (exact) mass is 249 g/mol. The molecule has 1 atom stereocenters. The summed E-state index contributed by atoms with van der Waals surface area (Å²) in [6, 6.07) is 7.02. The van der Waals surface area contributed by atoms with Crippen LogP contribution in [0.25, 0.3) is 0 Å². The molecular weight excluding hydrogens is 226 g/mol. The first-order valence-corrected chi connectivity index (χ1v) is 6.25. The Bertz CT molecular complexity index is 421. The molecule has 18 heavy (non-hydrogen) atoms. The van der Waals surface area contributed by atoms with Crippen LogP contribution in [0.5, 0.6) is 5.75 Å². The van der Waals surface area contributed by atoms with Crippen molar-refractivity contribution in [1.82, 2.24) is 4.90 Å². The Kier molecular flexibility index (Phi) is 4.38. The zero-order chi connectivity index (χ0) is 13.9. The summed E-state index contributed by atoms with van der Waals surface area (Å²) in [4.78, 5) is 13.9. The molecule has 0 saturated heterocycles. The van der Waals surface area contributed by atoms with E-state index in [1.165, 1.54) is 0 Å². The normalized spacial score (nSPS) is 13.2. The van der Waals surface area contributed by atoms with E-state index >= 15 is 0 Å². The van der Waals surface area contributed by atoms with Gasteiger partial charge in [-0.1, -0.05) is 32.9 Å². The molecule has 0 radical (unpaired) electrons. The summed E-state index contributed by atoms with van der Waals surface area (Å²) >= 11 is 0. The van der Waals surface area contributed by atoms with Gasteiger partial charge in [-0.25, -0.2) is 0 Å². The van der Waals surface area contributed by atoms with Crippen molar-refractivity contribution in [3.05, 3.63) is 29.8 Å². The number of aromatic hydroxyl groups is 1. The van der Waals surface area contributed by atoms with Crippen molar-refractivity contribution >= 4 is 5.91 Å². The number of phenolic OH excluding ortho intramolecular Hbond substituents is 1. The number of amides is 1. The summed E-state index contributed by atoms with van der Waals surface area (Å²) in [5, 5.41) is 9.38. The first-order valence-electron chi connectivity index (χ1n) is 6.25. The average molecular weight is 249 g/mol. The van der Waals surface area contributed by atoms with Crippen molar-refractivity contribution in [2.45, 2.75) is 40.2 Å². The van der Waals surface area contributed by atoms with Gasteiger partial charge in [-0.05, 0) is 30.0 Å². The minimum atomic E-state index is 0.0588. The van der Waals surface area contributed by atoms with Crippen molar-refractivity contribution in [1.29, 1.82) is 0 Å². The Hall–Kier alpha value is -1.51. The molecular formula is C15H23NO2. The number of likely N-dealkylation sites (N-methyl/N-ethyl adjacent to an activating group) is 1. The number of carbonyl (C=O) groups excluding carboxylic acids is 1. The summed E-state index contributed by atoms with van der Waals surface area (Å²) in [6.45, 7) is 8.42. The molecule has 0 fully saturated rings. The molecule has 0 aliphatic carbocycles. The average Bonchev–Trinajstić information content (AvgIpc) is 2.25. The maximum absolute atomic E-state index is 12.2. The van der Waals surface area contributed by atoms with Crippen LogP contribution >= 0.6 is 0 Å². The van der Waals surface area contributed by atoms with Crippen LogP contribution in [0.4, 0.5) is 0 Å². The molecule has 0 heterocycles. The second-order valence-corrected chi connectivity index (χ2v) is 5.89. The quantitative estimate of drug-likeness (QED) is 0.895. The number of rotatable bonds is 3. The van der Waals surface area contributed by atoms with Crippen LogP contribution in [0.15, 0.2) is 24.3 Å². The van der Waals surface area contributed by atoms with E-state index in [4.69, 9.17) is 0 Å². The number of hydrogen-bond acceptors (Lipinski definition) is 2. The zero-order valence-corrected chi connectivity index (χ0v) is 11.9. The van der Waals surface area contributed by atoms with Crippen LogP contribution in [0.2, 0.25) is 0 Å². The molecule has 0 aromatic heterocycles. The first-order chi connectivity index (χ1) is 8.21. The van der Waals surface area contributed by atoms with Crippen molar-refractivity contribution in [2.75, 3.05) is 7.05 Å². The largest absolute Gasteiger partial charge is 0.508 e. The van der Waals surface area contributed by atoms with Crippen molar-refractivity contribution in [3.63, 3.8) is 0 Å². The van der Waals surface area contributed by atoms with Gasteiger partial charge in [0.05, 0.1) is 6.42 Å². The number of benzene rings is 1. The van der Waals surface area contributed by atoms with Crippen LogP contribution in [-0.2, 0) is 11.2 Å². The van der Waals surface area contributed by atoms with Crippen molar-refractivity contribution in [2.24, 2.45) is 5.41 Å². The highest BCUT2D eigenvalue weighted by atomic mass is 16.3. The van der Waals surface area contributed by atoms with E-state index in [1.807, 2.05) is 13.1 Å². The van der Waals surface area contributed by atoms with Crippen LogP contribution < -0.4 is 0 Å². The lowest BCUT2D eigenvalue weighted by Gasteiger charge is -2.35. The van der Waals surface area contributed by atoms with Gasteiger partial charge in [0.1, 0.15) is 5.75 Å². The Morgan fingerprint density at radius 3 is 2.50 bits per heavy atom. The molecule has 0 aliphatic rings. The van der Waals surface area contributed by atoms with Gasteiger partial charge in [0.25, 0.3) is 0 Å². The van der Waals surface area contributed by atoms with E-state index in [-0.39, 0.29) is 23.1 Å². The Morgan fingerprint density at radius 1 is 1.39 bits per heavy atom. The van der Waals surface area contributed by atoms with Gasteiger partial charge in [-0.15, -0.1) is 0 Å². The smallest absolute Gasteiger partial charge is 0.226 e. The van der Waals surface area contributed by atoms with Gasteiger partial charge in [-0.2, -0.15) is 0 Å². The molecule has 0 spiro atoms. The van der Waals surface area contributed by atoms with Gasteiger partial charge in [0.15, 0.2) is 0 Å². The van der Waals surface area contributed by atoms with Gasteiger partial charge >= 0.3 is 0 Å². The summed E-state index contributed by atoms with van der Waals surface area (Å²) in [5.74, 6) is 0.273. The van der Waals surface area contributed by atoms with E-state index in [0.717, 1.165) is 5.56 Å². The molecule has 3 nitrogen and oxygen atoms in total. The zero-order valence-electron chi connectivity index (χ0n) is 11.9. The molecule has 1 rings (SSSR count). The predicted octanol–water partition coefficient (Wildman–Crippen LogP) is 2.83. The van der Waals surface area contributed by atoms with Gasteiger partial charge in [-0.3, -0.25) is 4.79 Å². The topological polar surface area (TPSA) is 40.5 Å². The van der Waals surface area contributed by atoms with Crippen LogP contribution in [-0.4, -0.2) is 29.0 Å². The molecule has 1 N–H and O–H groups in total. The van der Waals surface area contributed by atoms with E-state index < -0.39 is 0 Å². The van der Waals surface area contributed by atoms with Crippen LogP contribution in [0.1, 0.15) is 33.3 Å². The highest BCUT2D eigenvalue weighted by Gasteiger charge is 2.26. The fourth-order valence-electron chi connectivity index (χ4n) is 1.76. The predicted molar refractivity (Wildman–Crippen MR) is 73.5 cm³/mol. The van der Waals surface area contributed by atoms with Gasteiger partial charge in [0.2, 0.25) is 5.91 Å². The van der Waals surface area contributed by atoms with Crippen molar-refractivity contribution < 1.29 is 9.90 Å². The second kappa shape index (κ2) is 5.42. The third-order valence-electron chi connectivity index (χ3n) is 3.49. The molecule has 3 heteroatoms. The number of carbonyl (C=O) groups is 1. The molecule has 1 amide bonds. The van der Waals surface area contributed by atoms with E-state index in [0.29, 0.717) is 6.42 Å². The minimum absolute atomic E-state index is 0.0588. The molecule has 1 aromatic rings. The lowest BCUT2D eigenvalue weighted by atomic mass is 9.87. The molecule has 0 aliphatic heterocycles. The highest BCUT2D eigenvalue weighted by Crippen LogP contribution is 2.23. The lowest BCUT2D eigenvalue weighted by molar-refractivity contribution is -0.132. The fourth-order valence-corrected chi connectivity index (χ4v) is 1.76. The van der Waals surface area contributed by atoms with E-state index in [2.05, 4.69) is 27.7 Å². The summed E-state index contributed by atoms with van der Waals surface area (Å²) in [7, 11) is 1.83. The van der Waals surface area contributed by atoms with Crippen LogP contribution in [0.3, 0.4) is 0 Å². The third kappa shape index (κ3) is 3.76. The first kappa shape index (κ1) is 14.6. The molecule has 0 bridgehead atoms. The van der Waals surface area contributed by atoms with Crippen LogP contribution in [0, 0.1) is 5.41 Å². The SMILES string of the molecule is CC(N(C)C(=O)Cc1cccc(O)c1)C(C)(C)C. The minimum Gasteiger partial charge on any atom is -0.508 e. The highest BCUT2D eigenvalue weighted by molar-refractivity contribution is 5.79. The maximum Gasteiger partial charge on any atom is 0.226 e. The van der Waals surface area contributed by atoms with E-state index in [9.17, 15) is 9.90 Å². The number of phenols is 1. The second-order valence-electron chi connectivity index (χ2n) is 5.89. The Labute approximate surface area is 109 Å². The lowest BCUT2D eigenvalue weighted by Crippen LogP contribution is -2.43. The maximum atomic E-state index is 12.2. The Balaban J connectivity index is 2.71. The molecule has 100 valence electrons. The Morgan fingerprint density at radius 2 is 2.00 bits per heavy atom. The van der Waals surface area contributed by atoms with E-state index in [1.54, 1.807) is 23.1 Å². The molecule has 1 aromatic carbocycles. The van der Waals surface area contributed by atoms with Gasteiger partial charge in [0, 0.05) is 13.1 Å². The number of nitrogens with zero attached hydrogens (tertiary/aromatic N) is 1. The summed E-state index contributed by atoms with van der Waals surface area (Å²) < 4.78 is 0. The van der Waals surface area contributed by atoms with Crippen molar-refractivity contribution in [3.8, 4) is 5.75 Å². The third-order valence-corrected chi connectivity index (χ3v) is 3.49. The molecule has 1 unspecified atom stereocenters. The summed E-state index contributed by atoms with van der Waals surface area (Å²) in [6.07, 6.45) is 0.325. The summed E-state index contributed by atoms with van der Waals surface area (Å²) in [5.41, 5.74) is 0.899. The molecule has 0 saturated carbocycles.